The van der Waals surface area contributed by atoms with Gasteiger partial charge >= 0.3 is 0 Å². The maximum absolute atomic E-state index is 13.1. The fourth-order valence-corrected chi connectivity index (χ4v) is 3.71. The number of halogens is 1. The van der Waals surface area contributed by atoms with Crippen LogP contribution in [-0.2, 0) is 14.3 Å². The predicted molar refractivity (Wildman–Crippen MR) is 97.5 cm³/mol. The number of hydrogen-bond donors (Lipinski definition) is 0. The second kappa shape index (κ2) is 7.36. The van der Waals surface area contributed by atoms with E-state index in [4.69, 9.17) is 25.8 Å². The van der Waals surface area contributed by atoms with Crippen LogP contribution >= 0.6 is 11.6 Å². The third-order valence-corrected chi connectivity index (χ3v) is 5.13. The van der Waals surface area contributed by atoms with E-state index in [1.54, 1.807) is 27.4 Å². The van der Waals surface area contributed by atoms with Crippen LogP contribution in [0.1, 0.15) is 24.8 Å². The smallest absolute Gasteiger partial charge is 0.189 e. The molecule has 25 heavy (non-hydrogen) atoms. The van der Waals surface area contributed by atoms with E-state index in [0.29, 0.717) is 34.3 Å². The number of rotatable bonds is 4. The summed E-state index contributed by atoms with van der Waals surface area (Å²) in [6.45, 7) is 0. The van der Waals surface area contributed by atoms with Gasteiger partial charge in [-0.2, -0.15) is 0 Å². The van der Waals surface area contributed by atoms with Gasteiger partial charge in [0.25, 0.3) is 0 Å². The maximum Gasteiger partial charge on any atom is 0.189 e. The number of ketones is 1. The van der Waals surface area contributed by atoms with E-state index in [0.717, 1.165) is 24.0 Å². The van der Waals surface area contributed by atoms with E-state index in [2.05, 4.69) is 0 Å². The van der Waals surface area contributed by atoms with Crippen molar-refractivity contribution in [1.29, 1.82) is 0 Å². The number of methoxy groups -OCH3 is 3. The molecule has 0 heterocycles. The summed E-state index contributed by atoms with van der Waals surface area (Å²) in [6.07, 6.45) is 6.26. The molecule has 4 nitrogen and oxygen atoms in total. The van der Waals surface area contributed by atoms with Gasteiger partial charge < -0.3 is 14.2 Å². The molecule has 0 spiro atoms. The lowest BCUT2D eigenvalue weighted by molar-refractivity contribution is -0.113. The summed E-state index contributed by atoms with van der Waals surface area (Å²) in [6, 6.07) is 5.54. The molecular formula is C20H21ClO4. The Morgan fingerprint density at radius 3 is 2.64 bits per heavy atom. The van der Waals surface area contributed by atoms with Crippen LogP contribution in [0, 0.1) is 5.92 Å². The molecule has 2 aliphatic rings. The molecule has 0 amide bonds. The Morgan fingerprint density at radius 2 is 1.96 bits per heavy atom. The third-order valence-electron chi connectivity index (χ3n) is 4.73. The number of ether oxygens (including phenoxy) is 3. The van der Waals surface area contributed by atoms with Crippen LogP contribution in [0.15, 0.2) is 46.9 Å². The summed E-state index contributed by atoms with van der Waals surface area (Å²) < 4.78 is 16.1. The van der Waals surface area contributed by atoms with E-state index >= 15 is 0 Å². The van der Waals surface area contributed by atoms with E-state index in [9.17, 15) is 4.79 Å². The highest BCUT2D eigenvalue weighted by molar-refractivity contribution is 6.33. The molecule has 2 aliphatic carbocycles. The number of carbonyl (C=O) groups is 1. The van der Waals surface area contributed by atoms with Crippen LogP contribution in [0.4, 0.5) is 0 Å². The first kappa shape index (κ1) is 17.6. The number of benzene rings is 1. The van der Waals surface area contributed by atoms with Crippen molar-refractivity contribution in [1.82, 2.24) is 0 Å². The van der Waals surface area contributed by atoms with Crippen molar-refractivity contribution in [2.75, 3.05) is 21.3 Å². The molecule has 1 saturated carbocycles. The van der Waals surface area contributed by atoms with Crippen molar-refractivity contribution in [2.24, 2.45) is 5.92 Å². The van der Waals surface area contributed by atoms with Crippen LogP contribution in [0.25, 0.3) is 6.08 Å². The zero-order chi connectivity index (χ0) is 18.0. The number of allylic oxidation sites excluding steroid dienone is 3. The minimum absolute atomic E-state index is 0.00892. The van der Waals surface area contributed by atoms with Gasteiger partial charge in [0.2, 0.25) is 0 Å². The van der Waals surface area contributed by atoms with Crippen LogP contribution in [-0.4, -0.2) is 27.1 Å². The molecule has 5 heteroatoms. The number of carbonyl (C=O) groups excluding carboxylic acids is 1. The van der Waals surface area contributed by atoms with Gasteiger partial charge in [-0.25, -0.2) is 0 Å². The Morgan fingerprint density at radius 1 is 1.16 bits per heavy atom. The van der Waals surface area contributed by atoms with Gasteiger partial charge in [-0.3, -0.25) is 4.79 Å². The molecule has 0 saturated heterocycles. The molecule has 0 bridgehead atoms. The molecule has 3 rings (SSSR count). The van der Waals surface area contributed by atoms with E-state index in [1.165, 1.54) is 0 Å². The molecule has 0 aliphatic heterocycles. The largest absolute Gasteiger partial charge is 0.495 e. The highest BCUT2D eigenvalue weighted by atomic mass is 35.5. The Bertz CT molecular complexity index is 789. The van der Waals surface area contributed by atoms with E-state index in [1.807, 2.05) is 24.3 Å². The molecule has 132 valence electrons. The molecule has 1 unspecified atom stereocenters. The summed E-state index contributed by atoms with van der Waals surface area (Å²) in [4.78, 5) is 13.1. The first-order chi connectivity index (χ1) is 12.1. The summed E-state index contributed by atoms with van der Waals surface area (Å²) >= 11 is 6.37. The molecule has 1 atom stereocenters. The lowest BCUT2D eigenvalue weighted by atomic mass is 9.75. The van der Waals surface area contributed by atoms with Gasteiger partial charge in [-0.05, 0) is 49.0 Å². The van der Waals surface area contributed by atoms with Gasteiger partial charge in [0, 0.05) is 11.1 Å². The van der Waals surface area contributed by atoms with Crippen LogP contribution in [0.2, 0.25) is 5.02 Å². The minimum atomic E-state index is 0.00892. The first-order valence-corrected chi connectivity index (χ1v) is 8.59. The van der Waals surface area contributed by atoms with Crippen molar-refractivity contribution in [3.05, 3.63) is 57.5 Å². The summed E-state index contributed by atoms with van der Waals surface area (Å²) in [5, 5.41) is 0.509. The number of Topliss-reactive ketones (excluding diaryl/α,β-unsaturated/α-hetero) is 1. The highest BCUT2D eigenvalue weighted by Crippen LogP contribution is 2.41. The zero-order valence-electron chi connectivity index (χ0n) is 14.6. The van der Waals surface area contributed by atoms with Gasteiger partial charge in [0.15, 0.2) is 17.3 Å². The topological polar surface area (TPSA) is 44.8 Å². The first-order valence-electron chi connectivity index (χ1n) is 8.21. The molecule has 1 aromatic rings. The second-order valence-corrected chi connectivity index (χ2v) is 6.43. The van der Waals surface area contributed by atoms with Crippen LogP contribution in [0.5, 0.6) is 5.75 Å². The molecule has 0 radical (unpaired) electrons. The van der Waals surface area contributed by atoms with Gasteiger partial charge in [-0.15, -0.1) is 0 Å². The molecule has 1 fully saturated rings. The highest BCUT2D eigenvalue weighted by Gasteiger charge is 2.36. The third kappa shape index (κ3) is 3.19. The van der Waals surface area contributed by atoms with Gasteiger partial charge in [-0.1, -0.05) is 23.7 Å². The molecule has 0 N–H and O–H groups in total. The summed E-state index contributed by atoms with van der Waals surface area (Å²) in [5.74, 6) is 1.96. The van der Waals surface area contributed by atoms with E-state index in [-0.39, 0.29) is 11.7 Å². The number of hydrogen-bond acceptors (Lipinski definition) is 4. The SMILES string of the molecule is COC1=CCC2CCC(=Cc3cccc(OC)c3Cl)C(=O)C2=C1OC. The Labute approximate surface area is 152 Å². The molecular weight excluding hydrogens is 340 g/mol. The van der Waals surface area contributed by atoms with Gasteiger partial charge in [0.1, 0.15) is 5.75 Å². The molecule has 0 aromatic heterocycles. The average molecular weight is 361 g/mol. The Hall–Kier alpha value is -2.20. The standard InChI is InChI=1S/C20H21ClO4/c1-23-15-6-4-5-13(18(15)21)11-14-8-7-12-9-10-16(24-2)20(25-3)17(12)19(14)22/h4-6,10-12H,7-9H2,1-3H3. The second-order valence-electron chi connectivity index (χ2n) is 6.05. The van der Waals surface area contributed by atoms with Crippen molar-refractivity contribution in [3.8, 4) is 5.75 Å². The van der Waals surface area contributed by atoms with Crippen molar-refractivity contribution < 1.29 is 19.0 Å². The summed E-state index contributed by atoms with van der Waals surface area (Å²) in [7, 11) is 4.73. The fraction of sp³-hybridized carbons (Fsp3) is 0.350. The maximum atomic E-state index is 13.1. The van der Waals surface area contributed by atoms with Gasteiger partial charge in [0.05, 0.1) is 26.4 Å². The summed E-state index contributed by atoms with van der Waals surface area (Å²) in [5.41, 5.74) is 2.22. The monoisotopic (exact) mass is 360 g/mol. The Balaban J connectivity index is 2.02. The number of fused-ring (bicyclic) bond motifs is 1. The van der Waals surface area contributed by atoms with E-state index < -0.39 is 0 Å². The quantitative estimate of drug-likeness (QED) is 0.739. The lowest BCUT2D eigenvalue weighted by Gasteiger charge is -2.30. The van der Waals surface area contributed by atoms with Crippen LogP contribution in [0.3, 0.4) is 0 Å². The Kier molecular flexibility index (Phi) is 5.19. The van der Waals surface area contributed by atoms with Crippen molar-refractivity contribution in [2.45, 2.75) is 19.3 Å². The minimum Gasteiger partial charge on any atom is -0.495 e. The fourth-order valence-electron chi connectivity index (χ4n) is 3.45. The lowest BCUT2D eigenvalue weighted by Crippen LogP contribution is -2.26. The van der Waals surface area contributed by atoms with Crippen LogP contribution < -0.4 is 4.74 Å². The molecule has 1 aromatic carbocycles. The predicted octanol–water partition coefficient (Wildman–Crippen LogP) is 4.55. The normalized spacial score (nSPS) is 21.8. The van der Waals surface area contributed by atoms with Crippen molar-refractivity contribution in [3.63, 3.8) is 0 Å². The average Bonchev–Trinajstić information content (AvgIpc) is 2.64. The van der Waals surface area contributed by atoms with Crippen molar-refractivity contribution >= 4 is 23.5 Å². The zero-order valence-corrected chi connectivity index (χ0v) is 15.4.